The van der Waals surface area contributed by atoms with Crippen LogP contribution in [0, 0.1) is 17.3 Å². The first-order valence-electron chi connectivity index (χ1n) is 15.4. The SMILES string of the molecule is O=C(NCc1ncc[nH]1)c1nccn1CC1CCC(CN2CCC3(CCN(C4CCCCC4)CC3)C2)CC1. The van der Waals surface area contributed by atoms with Crippen molar-refractivity contribution in [2.75, 3.05) is 32.7 Å². The van der Waals surface area contributed by atoms with Crippen molar-refractivity contribution < 1.29 is 4.79 Å². The van der Waals surface area contributed by atoms with Crippen LogP contribution in [0.5, 0.6) is 0 Å². The lowest BCUT2D eigenvalue weighted by molar-refractivity contribution is 0.0600. The van der Waals surface area contributed by atoms with Crippen molar-refractivity contribution in [2.45, 2.75) is 96.2 Å². The van der Waals surface area contributed by atoms with Crippen LogP contribution in [0.2, 0.25) is 0 Å². The Hall–Kier alpha value is -2.19. The summed E-state index contributed by atoms with van der Waals surface area (Å²) in [6.07, 6.45) is 23.8. The van der Waals surface area contributed by atoms with E-state index in [0.717, 1.165) is 24.3 Å². The molecule has 2 saturated carbocycles. The van der Waals surface area contributed by atoms with E-state index in [1.54, 1.807) is 18.6 Å². The predicted octanol–water partition coefficient (Wildman–Crippen LogP) is 4.46. The van der Waals surface area contributed by atoms with Gasteiger partial charge >= 0.3 is 0 Å². The average Bonchev–Trinajstić information content (AvgIpc) is 3.72. The molecule has 2 aliphatic heterocycles. The second kappa shape index (κ2) is 11.9. The lowest BCUT2D eigenvalue weighted by Gasteiger charge is -2.44. The van der Waals surface area contributed by atoms with Gasteiger partial charge in [0.2, 0.25) is 0 Å². The van der Waals surface area contributed by atoms with Gasteiger partial charge in [-0.3, -0.25) is 4.79 Å². The van der Waals surface area contributed by atoms with Crippen molar-refractivity contribution in [3.8, 4) is 0 Å². The molecular weight excluding hydrogens is 474 g/mol. The molecule has 0 bridgehead atoms. The van der Waals surface area contributed by atoms with Gasteiger partial charge in [0.05, 0.1) is 6.54 Å². The van der Waals surface area contributed by atoms with Gasteiger partial charge < -0.3 is 24.7 Å². The van der Waals surface area contributed by atoms with E-state index in [-0.39, 0.29) is 5.91 Å². The normalized spacial score (nSPS) is 27.2. The monoisotopic (exact) mass is 521 g/mol. The molecule has 0 radical (unpaired) electrons. The molecule has 2 aromatic heterocycles. The number of amides is 1. The quantitative estimate of drug-likeness (QED) is 0.536. The number of carbonyl (C=O) groups is 1. The van der Waals surface area contributed by atoms with E-state index in [2.05, 4.69) is 30.1 Å². The third-order valence-electron chi connectivity index (χ3n) is 10.3. The number of nitrogens with zero attached hydrogens (tertiary/aromatic N) is 5. The predicted molar refractivity (Wildman–Crippen MR) is 149 cm³/mol. The van der Waals surface area contributed by atoms with Crippen LogP contribution < -0.4 is 5.32 Å². The van der Waals surface area contributed by atoms with Crippen molar-refractivity contribution in [2.24, 2.45) is 17.3 Å². The van der Waals surface area contributed by atoms with E-state index in [1.807, 2.05) is 10.8 Å². The molecule has 8 nitrogen and oxygen atoms in total. The molecule has 8 heteroatoms. The van der Waals surface area contributed by atoms with Crippen LogP contribution in [-0.4, -0.2) is 74.0 Å². The summed E-state index contributed by atoms with van der Waals surface area (Å²) in [6, 6.07) is 0.892. The number of piperidine rings is 1. The summed E-state index contributed by atoms with van der Waals surface area (Å²) < 4.78 is 2.05. The van der Waals surface area contributed by atoms with E-state index >= 15 is 0 Å². The molecule has 1 spiro atoms. The van der Waals surface area contributed by atoms with Gasteiger partial charge in [-0.05, 0) is 94.7 Å². The van der Waals surface area contributed by atoms with E-state index in [0.29, 0.717) is 23.7 Å². The topological polar surface area (TPSA) is 82.1 Å². The first kappa shape index (κ1) is 26.1. The van der Waals surface area contributed by atoms with Gasteiger partial charge in [-0.25, -0.2) is 9.97 Å². The van der Waals surface area contributed by atoms with Gasteiger partial charge in [0.15, 0.2) is 5.82 Å². The van der Waals surface area contributed by atoms with Crippen molar-refractivity contribution >= 4 is 5.91 Å². The van der Waals surface area contributed by atoms with Crippen molar-refractivity contribution in [3.63, 3.8) is 0 Å². The highest BCUT2D eigenvalue weighted by molar-refractivity contribution is 5.90. The fraction of sp³-hybridized carbons (Fsp3) is 0.767. The number of aromatic nitrogens is 4. The third-order valence-corrected chi connectivity index (χ3v) is 10.3. The fourth-order valence-corrected chi connectivity index (χ4v) is 7.94. The van der Waals surface area contributed by atoms with Crippen LogP contribution in [0.3, 0.4) is 0 Å². The Morgan fingerprint density at radius 1 is 0.921 bits per heavy atom. The second-order valence-corrected chi connectivity index (χ2v) is 12.8. The molecule has 0 unspecified atom stereocenters. The molecule has 1 amide bonds. The second-order valence-electron chi connectivity index (χ2n) is 12.8. The molecule has 0 aromatic carbocycles. The maximum atomic E-state index is 12.7. The molecule has 4 fully saturated rings. The van der Waals surface area contributed by atoms with E-state index in [9.17, 15) is 4.79 Å². The summed E-state index contributed by atoms with van der Waals surface area (Å²) >= 11 is 0. The Morgan fingerprint density at radius 2 is 1.66 bits per heavy atom. The zero-order valence-corrected chi connectivity index (χ0v) is 23.1. The minimum absolute atomic E-state index is 0.132. The van der Waals surface area contributed by atoms with Crippen LogP contribution >= 0.6 is 0 Å². The number of hydrogen-bond donors (Lipinski definition) is 2. The number of hydrogen-bond acceptors (Lipinski definition) is 5. The average molecular weight is 522 g/mol. The highest BCUT2D eigenvalue weighted by atomic mass is 16.2. The number of H-pyrrole nitrogens is 1. The van der Waals surface area contributed by atoms with Gasteiger partial charge in [-0.2, -0.15) is 0 Å². The number of rotatable bonds is 8. The number of imidazole rings is 2. The first-order valence-corrected chi connectivity index (χ1v) is 15.4. The summed E-state index contributed by atoms with van der Waals surface area (Å²) in [5, 5.41) is 2.93. The van der Waals surface area contributed by atoms with Crippen LogP contribution in [0.15, 0.2) is 24.8 Å². The smallest absolute Gasteiger partial charge is 0.287 e. The minimum Gasteiger partial charge on any atom is -0.347 e. The van der Waals surface area contributed by atoms with Crippen molar-refractivity contribution in [3.05, 3.63) is 36.4 Å². The number of aromatic amines is 1. The highest BCUT2D eigenvalue weighted by Crippen LogP contribution is 2.42. The molecule has 2 aromatic rings. The van der Waals surface area contributed by atoms with Crippen LogP contribution in [0.1, 0.15) is 93.5 Å². The Balaban J connectivity index is 0.919. The molecule has 4 heterocycles. The maximum absolute atomic E-state index is 12.7. The fourth-order valence-electron chi connectivity index (χ4n) is 7.94. The van der Waals surface area contributed by atoms with Gasteiger partial charge in [0.25, 0.3) is 5.91 Å². The summed E-state index contributed by atoms with van der Waals surface area (Å²) in [6.45, 7) is 7.93. The molecule has 2 saturated heterocycles. The zero-order chi connectivity index (χ0) is 25.8. The van der Waals surface area contributed by atoms with Crippen LogP contribution in [-0.2, 0) is 13.1 Å². The molecule has 2 N–H and O–H groups in total. The number of nitrogens with one attached hydrogen (secondary N) is 2. The van der Waals surface area contributed by atoms with Gasteiger partial charge in [0, 0.05) is 50.5 Å². The zero-order valence-electron chi connectivity index (χ0n) is 23.1. The standard InChI is InChI=1S/C30H47N7O/c38-29(34-20-27-31-13-14-32-27)28-33-15-19-37(28)22-25-8-6-24(7-9-25)21-35-16-10-30(23-35)11-17-36(18-12-30)26-4-2-1-3-5-26/h13-15,19,24-26H,1-12,16-18,20-23H2,(H,31,32)(H,34,38). The Labute approximate surface area is 228 Å². The third kappa shape index (κ3) is 6.17. The van der Waals surface area contributed by atoms with Crippen molar-refractivity contribution in [1.82, 2.24) is 34.6 Å². The van der Waals surface area contributed by atoms with E-state index < -0.39 is 0 Å². The van der Waals surface area contributed by atoms with E-state index in [4.69, 9.17) is 0 Å². The van der Waals surface area contributed by atoms with Crippen molar-refractivity contribution in [1.29, 1.82) is 0 Å². The summed E-state index contributed by atoms with van der Waals surface area (Å²) in [7, 11) is 0. The van der Waals surface area contributed by atoms with Gasteiger partial charge in [-0.1, -0.05) is 19.3 Å². The molecule has 2 aliphatic carbocycles. The largest absolute Gasteiger partial charge is 0.347 e. The van der Waals surface area contributed by atoms with Gasteiger partial charge in [0.1, 0.15) is 5.82 Å². The summed E-state index contributed by atoms with van der Waals surface area (Å²) in [5.74, 6) is 2.60. The molecule has 0 atom stereocenters. The summed E-state index contributed by atoms with van der Waals surface area (Å²) in [5.41, 5.74) is 0.609. The Kier molecular flexibility index (Phi) is 8.16. The van der Waals surface area contributed by atoms with Crippen LogP contribution in [0.25, 0.3) is 0 Å². The first-order chi connectivity index (χ1) is 18.7. The lowest BCUT2D eigenvalue weighted by Crippen LogP contribution is -2.46. The molecule has 4 aliphatic rings. The van der Waals surface area contributed by atoms with Crippen LogP contribution in [0.4, 0.5) is 0 Å². The molecular formula is C30H47N7O. The summed E-state index contributed by atoms with van der Waals surface area (Å²) in [4.78, 5) is 29.9. The van der Waals surface area contributed by atoms with Gasteiger partial charge in [-0.15, -0.1) is 0 Å². The Morgan fingerprint density at radius 3 is 2.39 bits per heavy atom. The minimum atomic E-state index is -0.132. The maximum Gasteiger partial charge on any atom is 0.287 e. The molecule has 38 heavy (non-hydrogen) atoms. The Bertz CT molecular complexity index is 1010. The highest BCUT2D eigenvalue weighted by Gasteiger charge is 2.42. The molecule has 6 rings (SSSR count). The lowest BCUT2D eigenvalue weighted by atomic mass is 9.77. The molecule has 208 valence electrons. The number of carbonyl (C=O) groups excluding carboxylic acids is 1. The number of likely N-dealkylation sites (tertiary alicyclic amines) is 2. The van der Waals surface area contributed by atoms with E-state index in [1.165, 1.54) is 110 Å².